The molecule has 1 heterocycles. The van der Waals surface area contributed by atoms with E-state index in [1.807, 2.05) is 19.9 Å². The fourth-order valence-corrected chi connectivity index (χ4v) is 11.0. The van der Waals surface area contributed by atoms with Crippen molar-refractivity contribution in [1.82, 2.24) is 0 Å². The van der Waals surface area contributed by atoms with Gasteiger partial charge < -0.3 is 20.1 Å². The van der Waals surface area contributed by atoms with Crippen molar-refractivity contribution in [3.8, 4) is 0 Å². The van der Waals surface area contributed by atoms with E-state index >= 15 is 0 Å². The highest BCUT2D eigenvalue weighted by Crippen LogP contribution is 2.87. The third-order valence-corrected chi connectivity index (χ3v) is 13.2. The minimum absolute atomic E-state index is 0.0115. The van der Waals surface area contributed by atoms with E-state index in [0.29, 0.717) is 28.6 Å². The fraction of sp³-hybridized carbons (Fsp3) is 0.833. The fourth-order valence-electron chi connectivity index (χ4n) is 11.0. The highest BCUT2D eigenvalue weighted by molar-refractivity contribution is 5.93. The lowest BCUT2D eigenvalue weighted by molar-refractivity contribution is -0.262. The molecule has 5 heteroatoms. The number of allylic oxidation sites excluding steroid dienone is 2. The van der Waals surface area contributed by atoms with Gasteiger partial charge in [0.25, 0.3) is 0 Å². The maximum Gasteiger partial charge on any atom is 0.199 e. The van der Waals surface area contributed by atoms with Gasteiger partial charge in [0, 0.05) is 24.4 Å². The van der Waals surface area contributed by atoms with Gasteiger partial charge in [0.1, 0.15) is 6.10 Å². The third-order valence-electron chi connectivity index (χ3n) is 13.2. The number of hydrogen-bond donors (Lipinski definition) is 3. The lowest BCUT2D eigenvalue weighted by atomic mass is 9.43. The van der Waals surface area contributed by atoms with Crippen molar-refractivity contribution in [2.24, 2.45) is 57.2 Å². The first-order valence-electron chi connectivity index (χ1n) is 13.9. The van der Waals surface area contributed by atoms with Gasteiger partial charge in [-0.2, -0.15) is 0 Å². The summed E-state index contributed by atoms with van der Waals surface area (Å²) in [5, 5.41) is 32.4. The monoisotopic (exact) mass is 484 g/mol. The maximum atomic E-state index is 12.5. The first-order chi connectivity index (χ1) is 16.3. The Morgan fingerprint density at radius 2 is 1.94 bits per heavy atom. The van der Waals surface area contributed by atoms with Gasteiger partial charge in [0.2, 0.25) is 0 Å². The Kier molecular flexibility index (Phi) is 4.93. The molecule has 0 aromatic carbocycles. The van der Waals surface area contributed by atoms with Crippen LogP contribution in [-0.2, 0) is 9.53 Å². The summed E-state index contributed by atoms with van der Waals surface area (Å²) < 4.78 is 6.45. The molecular formula is C30H44O5. The van der Waals surface area contributed by atoms with Crippen LogP contribution in [0.3, 0.4) is 0 Å². The van der Waals surface area contributed by atoms with Crippen LogP contribution < -0.4 is 0 Å². The molecule has 35 heavy (non-hydrogen) atoms. The highest BCUT2D eigenvalue weighted by Gasteiger charge is 2.82. The number of carbonyl (C=O) groups is 1. The summed E-state index contributed by atoms with van der Waals surface area (Å²) in [6, 6.07) is 0. The van der Waals surface area contributed by atoms with E-state index in [9.17, 15) is 20.1 Å². The van der Waals surface area contributed by atoms with Crippen LogP contribution in [0.15, 0.2) is 24.3 Å². The Labute approximate surface area is 210 Å². The Morgan fingerprint density at radius 3 is 2.63 bits per heavy atom. The van der Waals surface area contributed by atoms with Crippen molar-refractivity contribution in [3.63, 3.8) is 0 Å². The Hall–Kier alpha value is -1.01. The smallest absolute Gasteiger partial charge is 0.199 e. The number of ether oxygens (including phenoxy) is 1. The number of fused-ring (bicyclic) bond motifs is 4. The lowest BCUT2D eigenvalue weighted by Gasteiger charge is -2.61. The number of ketones is 1. The molecule has 0 bridgehead atoms. The van der Waals surface area contributed by atoms with Crippen LogP contribution >= 0.6 is 0 Å². The number of aliphatic hydroxyl groups excluding tert-OH is 2. The molecule has 5 nitrogen and oxygen atoms in total. The molecule has 1 saturated heterocycles. The van der Waals surface area contributed by atoms with Crippen molar-refractivity contribution < 1.29 is 24.9 Å². The predicted octanol–water partition coefficient (Wildman–Crippen LogP) is 4.26. The summed E-state index contributed by atoms with van der Waals surface area (Å²) in [5.74, 6) is -0.521. The second kappa shape index (κ2) is 7.09. The van der Waals surface area contributed by atoms with Crippen molar-refractivity contribution in [2.45, 2.75) is 91.1 Å². The van der Waals surface area contributed by atoms with Crippen LogP contribution in [0.1, 0.15) is 73.1 Å². The molecule has 3 N–H and O–H groups in total. The standard InChI is InChI=1S/C30H44O5/c1-16(14-31)17(2)25(33)30(34)19(4)24-22(35-30)13-27(6)23-8-7-20-18(3)21(32)9-10-28(20)15-29(23,28)12-11-26(24,27)5/h9-10,16,18-20,22-25,31,33-34H,2,7-8,11-15H2,1,3-6H3/t16-,18-,19-,20?,22-,23?,24-,25?,26+,27-,28+,29-,30?/m0/s1. The number of carbonyl (C=O) groups excluding carboxylic acids is 1. The molecule has 194 valence electrons. The van der Waals surface area contributed by atoms with Gasteiger partial charge in [-0.25, -0.2) is 0 Å². The van der Waals surface area contributed by atoms with E-state index in [0.717, 1.165) is 19.3 Å². The zero-order valence-corrected chi connectivity index (χ0v) is 22.1. The zero-order valence-electron chi connectivity index (χ0n) is 22.1. The quantitative estimate of drug-likeness (QED) is 0.519. The topological polar surface area (TPSA) is 87.0 Å². The van der Waals surface area contributed by atoms with Crippen LogP contribution in [0.25, 0.3) is 0 Å². The molecule has 4 saturated carbocycles. The molecule has 6 rings (SSSR count). The molecule has 4 unspecified atom stereocenters. The maximum absolute atomic E-state index is 12.5. The van der Waals surface area contributed by atoms with Gasteiger partial charge in [0.15, 0.2) is 11.6 Å². The SMILES string of the molecule is C=C(C(O)C1(O)O[C@H]2C[C@@]3(C)C4CCC5[C@H](C)C(=O)C=C[C@@]56C[C@@]46CC[C@]3(C)[C@H]2[C@@H]1C)[C@@H](C)CO. The number of aliphatic hydroxyl groups is 3. The second-order valence-electron chi connectivity index (χ2n) is 14.0. The van der Waals surface area contributed by atoms with Crippen molar-refractivity contribution in [1.29, 1.82) is 0 Å². The van der Waals surface area contributed by atoms with E-state index in [4.69, 9.17) is 4.74 Å². The average molecular weight is 485 g/mol. The van der Waals surface area contributed by atoms with Crippen LogP contribution in [0.4, 0.5) is 0 Å². The first-order valence-corrected chi connectivity index (χ1v) is 13.9. The highest BCUT2D eigenvalue weighted by atomic mass is 16.7. The minimum atomic E-state index is -1.67. The van der Waals surface area contributed by atoms with Gasteiger partial charge in [0.05, 0.1) is 6.10 Å². The van der Waals surface area contributed by atoms with Gasteiger partial charge in [-0.1, -0.05) is 47.3 Å². The molecular weight excluding hydrogens is 440 g/mol. The van der Waals surface area contributed by atoms with Gasteiger partial charge in [-0.15, -0.1) is 0 Å². The van der Waals surface area contributed by atoms with Crippen LogP contribution in [0.5, 0.6) is 0 Å². The summed E-state index contributed by atoms with van der Waals surface area (Å²) in [5.41, 5.74) is 1.05. The molecule has 0 aromatic heterocycles. The third kappa shape index (κ3) is 2.57. The van der Waals surface area contributed by atoms with Crippen molar-refractivity contribution in [2.75, 3.05) is 6.61 Å². The molecule has 1 aliphatic heterocycles. The second-order valence-corrected chi connectivity index (χ2v) is 14.0. The van der Waals surface area contributed by atoms with E-state index in [2.05, 4.69) is 33.4 Å². The van der Waals surface area contributed by atoms with Gasteiger partial charge in [-0.05, 0) is 89.6 Å². The lowest BCUT2D eigenvalue weighted by Crippen LogP contribution is -2.57. The molecule has 13 atom stereocenters. The summed E-state index contributed by atoms with van der Waals surface area (Å²) >= 11 is 0. The molecule has 2 spiro atoms. The summed E-state index contributed by atoms with van der Waals surface area (Å²) in [4.78, 5) is 12.5. The molecule has 6 aliphatic rings. The summed E-state index contributed by atoms with van der Waals surface area (Å²) in [6.07, 6.45) is 9.60. The minimum Gasteiger partial charge on any atom is -0.396 e. The Bertz CT molecular complexity index is 1000. The molecule has 5 fully saturated rings. The summed E-state index contributed by atoms with van der Waals surface area (Å²) in [7, 11) is 0. The van der Waals surface area contributed by atoms with E-state index in [-0.39, 0.29) is 52.6 Å². The molecule has 5 aliphatic carbocycles. The number of rotatable bonds is 4. The number of hydrogen-bond acceptors (Lipinski definition) is 5. The molecule has 0 radical (unpaired) electrons. The van der Waals surface area contributed by atoms with Crippen molar-refractivity contribution in [3.05, 3.63) is 24.3 Å². The zero-order chi connectivity index (χ0) is 25.3. The van der Waals surface area contributed by atoms with Crippen LogP contribution in [0.2, 0.25) is 0 Å². The largest absolute Gasteiger partial charge is 0.396 e. The normalized spacial score (nSPS) is 57.4. The first kappa shape index (κ1) is 24.3. The summed E-state index contributed by atoms with van der Waals surface area (Å²) in [6.45, 7) is 14.8. The van der Waals surface area contributed by atoms with Crippen LogP contribution in [0, 0.1) is 57.2 Å². The van der Waals surface area contributed by atoms with E-state index in [1.165, 1.54) is 19.3 Å². The van der Waals surface area contributed by atoms with Crippen LogP contribution in [-0.4, -0.2) is 45.7 Å². The van der Waals surface area contributed by atoms with Gasteiger partial charge in [-0.3, -0.25) is 4.79 Å². The van der Waals surface area contributed by atoms with E-state index in [1.54, 1.807) is 0 Å². The molecule has 0 amide bonds. The molecule has 0 aromatic rings. The average Bonchev–Trinajstić information content (AvgIpc) is 3.34. The van der Waals surface area contributed by atoms with Gasteiger partial charge >= 0.3 is 0 Å². The Morgan fingerprint density at radius 1 is 1.23 bits per heavy atom. The van der Waals surface area contributed by atoms with E-state index < -0.39 is 11.9 Å². The van der Waals surface area contributed by atoms with Crippen molar-refractivity contribution >= 4 is 5.78 Å². The predicted molar refractivity (Wildman–Crippen MR) is 133 cm³/mol. The Balaban J connectivity index is 1.32.